The Morgan fingerprint density at radius 1 is 1.58 bits per heavy atom. The van der Waals surface area contributed by atoms with E-state index in [0.717, 1.165) is 15.9 Å². The van der Waals surface area contributed by atoms with Crippen LogP contribution in [-0.2, 0) is 5.41 Å². The average Bonchev–Trinajstić information content (AvgIpc) is 2.31. The monoisotopic (exact) mass is 227 g/mol. The van der Waals surface area contributed by atoms with Gasteiger partial charge in [0.15, 0.2) is 0 Å². The van der Waals surface area contributed by atoms with E-state index in [9.17, 15) is 0 Å². The van der Waals surface area contributed by atoms with E-state index in [1.165, 1.54) is 0 Å². The lowest BCUT2D eigenvalue weighted by molar-refractivity contribution is 0.678. The van der Waals surface area contributed by atoms with Crippen molar-refractivity contribution < 1.29 is 0 Å². The molecule has 0 saturated heterocycles. The molecule has 1 aromatic heterocycles. The fourth-order valence-electron chi connectivity index (χ4n) is 1.19. The lowest BCUT2D eigenvalue weighted by Crippen LogP contribution is -2.15. The van der Waals surface area contributed by atoms with Crippen molar-refractivity contribution in [1.29, 1.82) is 5.26 Å². The number of nitriles is 1. The van der Waals surface area contributed by atoms with E-state index in [1.54, 1.807) is 0 Å². The average molecular weight is 228 g/mol. The van der Waals surface area contributed by atoms with Gasteiger partial charge in [0.25, 0.3) is 0 Å². The minimum atomic E-state index is -0.490. The Labute approximate surface area is 79.9 Å². The number of H-pyrrole nitrogens is 1. The highest BCUT2D eigenvalue weighted by Crippen LogP contribution is 2.30. The van der Waals surface area contributed by atoms with Crippen LogP contribution >= 0.6 is 15.9 Å². The minimum Gasteiger partial charge on any atom is -0.271 e. The van der Waals surface area contributed by atoms with Gasteiger partial charge in [0.2, 0.25) is 0 Å². The number of rotatable bonds is 1. The number of aromatic amines is 1. The number of aryl methyl sites for hydroxylation is 1. The Hall–Kier alpha value is -0.820. The third kappa shape index (κ3) is 1.37. The van der Waals surface area contributed by atoms with Gasteiger partial charge in [-0.2, -0.15) is 10.4 Å². The van der Waals surface area contributed by atoms with Crippen LogP contribution in [0.3, 0.4) is 0 Å². The second-order valence-corrected chi connectivity index (χ2v) is 4.03. The lowest BCUT2D eigenvalue weighted by Gasteiger charge is -2.14. The zero-order valence-electron chi connectivity index (χ0n) is 7.27. The minimum absolute atomic E-state index is 0.490. The van der Waals surface area contributed by atoms with Crippen molar-refractivity contribution in [3.8, 4) is 6.07 Å². The summed E-state index contributed by atoms with van der Waals surface area (Å²) in [7, 11) is 0. The van der Waals surface area contributed by atoms with Crippen LogP contribution < -0.4 is 0 Å². The van der Waals surface area contributed by atoms with Crippen LogP contribution in [0.5, 0.6) is 0 Å². The van der Waals surface area contributed by atoms with Crippen molar-refractivity contribution in [3.63, 3.8) is 0 Å². The summed E-state index contributed by atoms with van der Waals surface area (Å²) >= 11 is 3.32. The summed E-state index contributed by atoms with van der Waals surface area (Å²) in [5.41, 5.74) is 1.31. The lowest BCUT2D eigenvalue weighted by atomic mass is 9.87. The van der Waals surface area contributed by atoms with Crippen LogP contribution in [-0.4, -0.2) is 10.2 Å². The molecule has 4 heteroatoms. The topological polar surface area (TPSA) is 52.5 Å². The maximum atomic E-state index is 8.90. The Morgan fingerprint density at radius 3 is 2.50 bits per heavy atom. The summed E-state index contributed by atoms with van der Waals surface area (Å²) < 4.78 is 0.798. The normalized spacial score (nSPS) is 11.2. The molecule has 0 atom stereocenters. The van der Waals surface area contributed by atoms with Gasteiger partial charge >= 0.3 is 0 Å². The number of nitrogens with zero attached hydrogens (tertiary/aromatic N) is 2. The van der Waals surface area contributed by atoms with Crippen LogP contribution in [0.4, 0.5) is 0 Å². The zero-order valence-corrected chi connectivity index (χ0v) is 8.86. The molecule has 1 heterocycles. The van der Waals surface area contributed by atoms with Gasteiger partial charge in [-0.1, -0.05) is 0 Å². The van der Waals surface area contributed by atoms with Crippen molar-refractivity contribution in [2.45, 2.75) is 26.2 Å². The smallest absolute Gasteiger partial charge is 0.105 e. The first-order valence-corrected chi connectivity index (χ1v) is 4.40. The number of nitrogens with one attached hydrogen (secondary N) is 1. The summed E-state index contributed by atoms with van der Waals surface area (Å²) in [6.07, 6.45) is 0. The van der Waals surface area contributed by atoms with Crippen molar-refractivity contribution >= 4 is 15.9 Å². The number of halogens is 1. The molecule has 1 rings (SSSR count). The molecule has 0 aliphatic heterocycles. The molecule has 1 aromatic rings. The van der Waals surface area contributed by atoms with E-state index in [1.807, 2.05) is 20.8 Å². The quantitative estimate of drug-likeness (QED) is 0.801. The third-order valence-corrected chi connectivity index (χ3v) is 2.38. The van der Waals surface area contributed by atoms with Crippen molar-refractivity contribution in [2.24, 2.45) is 0 Å². The highest BCUT2D eigenvalue weighted by molar-refractivity contribution is 9.10. The van der Waals surface area contributed by atoms with Gasteiger partial charge < -0.3 is 0 Å². The van der Waals surface area contributed by atoms with Gasteiger partial charge in [0.1, 0.15) is 4.60 Å². The van der Waals surface area contributed by atoms with Crippen molar-refractivity contribution in [3.05, 3.63) is 15.9 Å². The van der Waals surface area contributed by atoms with Crippen LogP contribution in [0.15, 0.2) is 4.60 Å². The van der Waals surface area contributed by atoms with Gasteiger partial charge in [-0.25, -0.2) is 0 Å². The summed E-state index contributed by atoms with van der Waals surface area (Å²) in [4.78, 5) is 0. The van der Waals surface area contributed by atoms with Gasteiger partial charge in [-0.05, 0) is 36.7 Å². The maximum absolute atomic E-state index is 8.90. The molecule has 0 bridgehead atoms. The molecule has 3 nitrogen and oxygen atoms in total. The number of hydrogen-bond acceptors (Lipinski definition) is 2. The molecule has 0 aromatic carbocycles. The molecule has 0 aliphatic rings. The predicted molar refractivity (Wildman–Crippen MR) is 49.7 cm³/mol. The second kappa shape index (κ2) is 2.91. The van der Waals surface area contributed by atoms with Gasteiger partial charge in [-0.15, -0.1) is 0 Å². The molecular formula is C8H10BrN3. The van der Waals surface area contributed by atoms with E-state index >= 15 is 0 Å². The Bertz CT molecular complexity index is 313. The SMILES string of the molecule is Cc1n[nH]c(Br)c1C(C)(C)C#N. The van der Waals surface area contributed by atoms with Crippen LogP contribution in [0.1, 0.15) is 25.1 Å². The van der Waals surface area contributed by atoms with E-state index in [4.69, 9.17) is 5.26 Å². The van der Waals surface area contributed by atoms with Crippen molar-refractivity contribution in [1.82, 2.24) is 10.2 Å². The Balaban J connectivity index is 3.28. The van der Waals surface area contributed by atoms with Crippen LogP contribution in [0.25, 0.3) is 0 Å². The van der Waals surface area contributed by atoms with Gasteiger partial charge in [0, 0.05) is 5.56 Å². The molecule has 0 amide bonds. The summed E-state index contributed by atoms with van der Waals surface area (Å²) in [5.74, 6) is 0. The van der Waals surface area contributed by atoms with Crippen LogP contribution in [0, 0.1) is 18.3 Å². The molecule has 0 saturated carbocycles. The largest absolute Gasteiger partial charge is 0.271 e. The highest BCUT2D eigenvalue weighted by Gasteiger charge is 2.26. The molecule has 64 valence electrons. The molecule has 0 unspecified atom stereocenters. The molecule has 0 radical (unpaired) electrons. The molecule has 0 spiro atoms. The first-order chi connectivity index (χ1) is 5.49. The maximum Gasteiger partial charge on any atom is 0.105 e. The first-order valence-electron chi connectivity index (χ1n) is 3.61. The molecular weight excluding hydrogens is 218 g/mol. The van der Waals surface area contributed by atoms with E-state index in [-0.39, 0.29) is 0 Å². The summed E-state index contributed by atoms with van der Waals surface area (Å²) in [6, 6.07) is 2.24. The molecule has 0 aliphatic carbocycles. The molecule has 0 fully saturated rings. The van der Waals surface area contributed by atoms with Gasteiger partial charge in [0.05, 0.1) is 17.2 Å². The summed E-state index contributed by atoms with van der Waals surface area (Å²) in [6.45, 7) is 5.63. The summed E-state index contributed by atoms with van der Waals surface area (Å²) in [5, 5.41) is 15.7. The van der Waals surface area contributed by atoms with E-state index in [2.05, 4.69) is 32.2 Å². The highest BCUT2D eigenvalue weighted by atomic mass is 79.9. The first kappa shape index (κ1) is 9.27. The predicted octanol–water partition coefficient (Wildman–Crippen LogP) is 2.28. The Kier molecular flexibility index (Phi) is 2.25. The third-order valence-electron chi connectivity index (χ3n) is 1.81. The van der Waals surface area contributed by atoms with Crippen LogP contribution in [0.2, 0.25) is 0 Å². The number of aromatic nitrogens is 2. The molecule has 1 N–H and O–H groups in total. The second-order valence-electron chi connectivity index (χ2n) is 3.23. The van der Waals surface area contributed by atoms with Crippen molar-refractivity contribution in [2.75, 3.05) is 0 Å². The Morgan fingerprint density at radius 2 is 2.17 bits per heavy atom. The molecule has 12 heavy (non-hydrogen) atoms. The van der Waals surface area contributed by atoms with Gasteiger partial charge in [-0.3, -0.25) is 5.10 Å². The standard InChI is InChI=1S/C8H10BrN3/c1-5-6(7(9)12-11-5)8(2,3)4-10/h1-3H3,(H,11,12). The fourth-order valence-corrected chi connectivity index (χ4v) is 2.06. The number of hydrogen-bond donors (Lipinski definition) is 1. The van der Waals surface area contributed by atoms with E-state index < -0.39 is 5.41 Å². The zero-order chi connectivity index (χ0) is 9.35. The van der Waals surface area contributed by atoms with E-state index in [0.29, 0.717) is 0 Å². The fraction of sp³-hybridized carbons (Fsp3) is 0.500.